The van der Waals surface area contributed by atoms with Gasteiger partial charge in [-0.1, -0.05) is 18.2 Å². The predicted octanol–water partition coefficient (Wildman–Crippen LogP) is 3.43. The van der Waals surface area contributed by atoms with Gasteiger partial charge >= 0.3 is 0 Å². The van der Waals surface area contributed by atoms with E-state index >= 15 is 0 Å². The second-order valence-corrected chi connectivity index (χ2v) is 7.15. The summed E-state index contributed by atoms with van der Waals surface area (Å²) in [4.78, 5) is 18.0. The fourth-order valence-electron chi connectivity index (χ4n) is 3.85. The summed E-state index contributed by atoms with van der Waals surface area (Å²) < 4.78 is 0. The first-order chi connectivity index (χ1) is 12.7. The third kappa shape index (κ3) is 3.53. The van der Waals surface area contributed by atoms with Crippen LogP contribution in [0.15, 0.2) is 48.9 Å². The number of likely N-dealkylation sites (N-methyl/N-ethyl adjacent to an activating group) is 1. The Bertz CT molecular complexity index is 889. The number of fused-ring (bicyclic) bond motifs is 1. The fraction of sp³-hybridized carbons (Fsp3) is 0.381. The molecular weight excluding hydrogens is 322 g/mol. The van der Waals surface area contributed by atoms with Crippen LogP contribution >= 0.6 is 0 Å². The summed E-state index contributed by atoms with van der Waals surface area (Å²) in [6.45, 7) is 5.18. The topological polar surface area (TPSA) is 45.2 Å². The van der Waals surface area contributed by atoms with Crippen molar-refractivity contribution >= 4 is 16.7 Å². The van der Waals surface area contributed by atoms with E-state index in [1.807, 2.05) is 13.1 Å². The van der Waals surface area contributed by atoms with Crippen LogP contribution in [0.4, 0.5) is 5.82 Å². The van der Waals surface area contributed by atoms with E-state index < -0.39 is 0 Å². The molecule has 0 N–H and O–H groups in total. The van der Waals surface area contributed by atoms with Crippen LogP contribution in [0.25, 0.3) is 10.9 Å². The largest absolute Gasteiger partial charge is 0.355 e. The molecule has 3 heterocycles. The standard InChI is InChI=1S/C21H25N5/c1-16-12-21(24-15-23-16)25(2)18-6-5-11-26(14-18)13-17-9-10-22-20-8-4-3-7-19(17)20/h3-4,7-10,12,15,18H,5-6,11,13-14H2,1-2H3. The lowest BCUT2D eigenvalue weighted by atomic mass is 10.0. The first kappa shape index (κ1) is 16.9. The number of pyridine rings is 1. The van der Waals surface area contributed by atoms with E-state index in [1.165, 1.54) is 23.8 Å². The molecule has 1 unspecified atom stereocenters. The smallest absolute Gasteiger partial charge is 0.132 e. The van der Waals surface area contributed by atoms with Crippen LogP contribution in [0.2, 0.25) is 0 Å². The first-order valence-corrected chi connectivity index (χ1v) is 9.27. The van der Waals surface area contributed by atoms with Gasteiger partial charge in [-0.05, 0) is 44.0 Å². The molecule has 1 aromatic carbocycles. The molecule has 0 aliphatic carbocycles. The average molecular weight is 347 g/mol. The van der Waals surface area contributed by atoms with E-state index in [0.717, 1.165) is 36.7 Å². The summed E-state index contributed by atoms with van der Waals surface area (Å²) >= 11 is 0. The SMILES string of the molecule is Cc1cc(N(C)C2CCCN(Cc3ccnc4ccccc34)C2)ncn1. The average Bonchev–Trinajstić information content (AvgIpc) is 2.68. The van der Waals surface area contributed by atoms with Crippen molar-refractivity contribution in [2.75, 3.05) is 25.0 Å². The second kappa shape index (κ2) is 7.38. The zero-order chi connectivity index (χ0) is 17.9. The summed E-state index contributed by atoms with van der Waals surface area (Å²) in [6, 6.07) is 13.1. The molecule has 1 aliphatic heterocycles. The molecule has 1 fully saturated rings. The Balaban J connectivity index is 1.50. The molecule has 134 valence electrons. The van der Waals surface area contributed by atoms with Gasteiger partial charge in [0.1, 0.15) is 12.1 Å². The van der Waals surface area contributed by atoms with Gasteiger partial charge in [-0.2, -0.15) is 0 Å². The molecule has 2 aromatic heterocycles. The van der Waals surface area contributed by atoms with Gasteiger partial charge in [-0.15, -0.1) is 0 Å². The van der Waals surface area contributed by atoms with Crippen LogP contribution in [-0.4, -0.2) is 46.0 Å². The highest BCUT2D eigenvalue weighted by atomic mass is 15.2. The van der Waals surface area contributed by atoms with Gasteiger partial charge in [0.25, 0.3) is 0 Å². The minimum atomic E-state index is 0.478. The molecule has 1 aliphatic rings. The lowest BCUT2D eigenvalue weighted by Gasteiger charge is -2.38. The van der Waals surface area contributed by atoms with Gasteiger partial charge in [-0.25, -0.2) is 9.97 Å². The summed E-state index contributed by atoms with van der Waals surface area (Å²) in [6.07, 6.45) is 6.00. The van der Waals surface area contributed by atoms with Crippen molar-refractivity contribution < 1.29 is 0 Å². The Morgan fingerprint density at radius 1 is 1.15 bits per heavy atom. The molecule has 5 heteroatoms. The number of hydrogen-bond donors (Lipinski definition) is 0. The van der Waals surface area contributed by atoms with Crippen LogP contribution < -0.4 is 4.90 Å². The molecule has 26 heavy (non-hydrogen) atoms. The normalized spacial score (nSPS) is 18.2. The van der Waals surface area contributed by atoms with Crippen LogP contribution in [0.3, 0.4) is 0 Å². The first-order valence-electron chi connectivity index (χ1n) is 9.27. The van der Waals surface area contributed by atoms with Gasteiger partial charge in [0.2, 0.25) is 0 Å². The molecule has 4 rings (SSSR count). The molecule has 0 spiro atoms. The van der Waals surface area contributed by atoms with Gasteiger partial charge in [0, 0.05) is 49.5 Å². The molecule has 0 saturated carbocycles. The number of para-hydroxylation sites is 1. The zero-order valence-corrected chi connectivity index (χ0v) is 15.5. The number of anilines is 1. The third-order valence-electron chi connectivity index (χ3n) is 5.31. The lowest BCUT2D eigenvalue weighted by Crippen LogP contribution is -2.46. The van der Waals surface area contributed by atoms with Gasteiger partial charge in [-0.3, -0.25) is 9.88 Å². The number of rotatable bonds is 4. The highest BCUT2D eigenvalue weighted by Gasteiger charge is 2.24. The highest BCUT2D eigenvalue weighted by molar-refractivity contribution is 5.81. The third-order valence-corrected chi connectivity index (χ3v) is 5.31. The Hall–Kier alpha value is -2.53. The van der Waals surface area contributed by atoms with Crippen molar-refractivity contribution in [1.29, 1.82) is 0 Å². The van der Waals surface area contributed by atoms with E-state index in [9.17, 15) is 0 Å². The fourth-order valence-corrected chi connectivity index (χ4v) is 3.85. The molecule has 3 aromatic rings. The quantitative estimate of drug-likeness (QED) is 0.723. The summed E-state index contributed by atoms with van der Waals surface area (Å²) in [5, 5.41) is 1.26. The Kier molecular flexibility index (Phi) is 4.80. The van der Waals surface area contributed by atoms with Crippen molar-refractivity contribution in [2.24, 2.45) is 0 Å². The maximum Gasteiger partial charge on any atom is 0.132 e. The minimum absolute atomic E-state index is 0.478. The van der Waals surface area contributed by atoms with Crippen LogP contribution in [0.1, 0.15) is 24.1 Å². The van der Waals surface area contributed by atoms with Gasteiger partial charge in [0.05, 0.1) is 5.52 Å². The Labute approximate surface area is 154 Å². The number of hydrogen-bond acceptors (Lipinski definition) is 5. The second-order valence-electron chi connectivity index (χ2n) is 7.15. The van der Waals surface area contributed by atoms with Crippen molar-refractivity contribution in [3.63, 3.8) is 0 Å². The van der Waals surface area contributed by atoms with Crippen molar-refractivity contribution in [2.45, 2.75) is 32.4 Å². The van der Waals surface area contributed by atoms with Gasteiger partial charge in [0.15, 0.2) is 0 Å². The number of nitrogens with zero attached hydrogens (tertiary/aromatic N) is 5. The Morgan fingerprint density at radius 2 is 2.04 bits per heavy atom. The molecule has 1 atom stereocenters. The van der Waals surface area contributed by atoms with Crippen molar-refractivity contribution in [3.05, 3.63) is 60.2 Å². The molecule has 0 bridgehead atoms. The van der Waals surface area contributed by atoms with Crippen molar-refractivity contribution in [1.82, 2.24) is 19.9 Å². The van der Waals surface area contributed by atoms with E-state index in [1.54, 1.807) is 6.33 Å². The number of piperidine rings is 1. The van der Waals surface area contributed by atoms with Crippen LogP contribution in [0, 0.1) is 6.92 Å². The summed E-state index contributed by atoms with van der Waals surface area (Å²) in [5.74, 6) is 1.01. The number of aryl methyl sites for hydroxylation is 1. The predicted molar refractivity (Wildman–Crippen MR) is 105 cm³/mol. The minimum Gasteiger partial charge on any atom is -0.355 e. The number of likely N-dealkylation sites (tertiary alicyclic amines) is 1. The van der Waals surface area contributed by atoms with E-state index in [0.29, 0.717) is 6.04 Å². The van der Waals surface area contributed by atoms with E-state index in [4.69, 9.17) is 0 Å². The number of benzene rings is 1. The maximum atomic E-state index is 4.49. The van der Waals surface area contributed by atoms with Crippen LogP contribution in [0.5, 0.6) is 0 Å². The number of aromatic nitrogens is 3. The van der Waals surface area contributed by atoms with Crippen molar-refractivity contribution in [3.8, 4) is 0 Å². The summed E-state index contributed by atoms with van der Waals surface area (Å²) in [5.41, 5.74) is 3.45. The maximum absolute atomic E-state index is 4.49. The Morgan fingerprint density at radius 3 is 2.92 bits per heavy atom. The molecular formula is C21H25N5. The van der Waals surface area contributed by atoms with E-state index in [2.05, 4.69) is 68.2 Å². The molecule has 1 saturated heterocycles. The summed E-state index contributed by atoms with van der Waals surface area (Å²) in [7, 11) is 2.15. The lowest BCUT2D eigenvalue weighted by molar-refractivity contribution is 0.199. The zero-order valence-electron chi connectivity index (χ0n) is 15.5. The van der Waals surface area contributed by atoms with Crippen LogP contribution in [-0.2, 0) is 6.54 Å². The van der Waals surface area contributed by atoms with Gasteiger partial charge < -0.3 is 4.90 Å². The monoisotopic (exact) mass is 347 g/mol. The molecule has 5 nitrogen and oxygen atoms in total. The molecule has 0 radical (unpaired) electrons. The van der Waals surface area contributed by atoms with E-state index in [-0.39, 0.29) is 0 Å². The molecule has 0 amide bonds. The highest BCUT2D eigenvalue weighted by Crippen LogP contribution is 2.23.